The number of benzene rings is 1. The van der Waals surface area contributed by atoms with Crippen molar-refractivity contribution in [3.8, 4) is 5.75 Å². The molecule has 12 heteroatoms. The van der Waals surface area contributed by atoms with E-state index < -0.39 is 35.9 Å². The third kappa shape index (κ3) is 6.97. The van der Waals surface area contributed by atoms with Crippen LogP contribution >= 0.6 is 0 Å². The Morgan fingerprint density at radius 1 is 1.16 bits per heavy atom. The number of ether oxygens (including phenoxy) is 1. The third-order valence-electron chi connectivity index (χ3n) is 6.55. The van der Waals surface area contributed by atoms with Crippen molar-refractivity contribution in [3.63, 3.8) is 0 Å². The number of hydrogen-bond donors (Lipinski definition) is 4. The number of aryl methyl sites for hydroxylation is 2. The maximum atomic E-state index is 13.5. The van der Waals surface area contributed by atoms with Gasteiger partial charge in [-0.05, 0) is 69.0 Å². The molecule has 2 heterocycles. The minimum atomic E-state index is -1.59. The number of nitrogens with zero attached hydrogens (tertiary/aromatic N) is 2. The van der Waals surface area contributed by atoms with Gasteiger partial charge in [-0.2, -0.15) is 0 Å². The Balaban J connectivity index is 1.63. The highest BCUT2D eigenvalue weighted by molar-refractivity contribution is 5.94. The highest BCUT2D eigenvalue weighted by Crippen LogP contribution is 2.37. The second kappa shape index (κ2) is 12.4. The van der Waals surface area contributed by atoms with E-state index in [0.717, 1.165) is 22.5 Å². The molecule has 38 heavy (non-hydrogen) atoms. The van der Waals surface area contributed by atoms with Gasteiger partial charge < -0.3 is 30.2 Å². The van der Waals surface area contributed by atoms with Crippen LogP contribution in [0.5, 0.6) is 5.75 Å². The number of nitrogens with one attached hydrogen (secondary N) is 3. The molecule has 0 radical (unpaired) electrons. The smallest absolute Gasteiger partial charge is 0.266 e. The van der Waals surface area contributed by atoms with E-state index in [2.05, 4.69) is 10.3 Å². The Morgan fingerprint density at radius 2 is 1.82 bits per heavy atom. The van der Waals surface area contributed by atoms with Crippen molar-refractivity contribution in [1.29, 1.82) is 0 Å². The number of carboxylic acid groups (broad SMARTS) is 1. The predicted octanol–water partition coefficient (Wildman–Crippen LogP) is 0.0806. The van der Waals surface area contributed by atoms with E-state index in [4.69, 9.17) is 4.74 Å². The lowest BCUT2D eigenvalue weighted by Crippen LogP contribution is -2.50. The van der Waals surface area contributed by atoms with E-state index in [9.17, 15) is 29.5 Å². The fraction of sp³-hybridized carbons (Fsp3) is 0.423. The van der Waals surface area contributed by atoms with E-state index in [-0.39, 0.29) is 25.4 Å². The summed E-state index contributed by atoms with van der Waals surface area (Å²) in [7, 11) is 0. The molecule has 1 aromatic carbocycles. The highest BCUT2D eigenvalue weighted by Gasteiger charge is 2.47. The van der Waals surface area contributed by atoms with Crippen molar-refractivity contribution >= 4 is 23.8 Å². The van der Waals surface area contributed by atoms with Crippen molar-refractivity contribution in [3.05, 3.63) is 58.9 Å². The molecular formula is C26H32N5O7-. The monoisotopic (exact) mass is 526 g/mol. The zero-order valence-corrected chi connectivity index (χ0v) is 21.6. The van der Waals surface area contributed by atoms with Crippen LogP contribution in [0, 0.1) is 13.8 Å². The van der Waals surface area contributed by atoms with Crippen LogP contribution < -0.4 is 26.0 Å². The molecule has 2 atom stereocenters. The summed E-state index contributed by atoms with van der Waals surface area (Å²) in [6.07, 6.45) is -1.12. The van der Waals surface area contributed by atoms with Crippen LogP contribution in [0.2, 0.25) is 0 Å². The topological polar surface area (TPSA) is 173 Å². The van der Waals surface area contributed by atoms with Crippen molar-refractivity contribution in [2.24, 2.45) is 0 Å². The number of hydrogen-bond acceptors (Lipinski definition) is 8. The highest BCUT2D eigenvalue weighted by atomic mass is 16.5. The van der Waals surface area contributed by atoms with E-state index >= 15 is 0 Å². The molecule has 0 saturated carbocycles. The molecule has 2 aromatic rings. The summed E-state index contributed by atoms with van der Waals surface area (Å²) in [5.41, 5.74) is 4.29. The number of amides is 4. The summed E-state index contributed by atoms with van der Waals surface area (Å²) in [6.45, 7) is 5.79. The van der Waals surface area contributed by atoms with Crippen molar-refractivity contribution in [2.45, 2.75) is 51.7 Å². The number of hydroxylamine groups is 1. The summed E-state index contributed by atoms with van der Waals surface area (Å²) in [6, 6.07) is 10.1. The van der Waals surface area contributed by atoms with Gasteiger partial charge in [0.25, 0.3) is 5.91 Å². The molecule has 0 spiro atoms. The van der Waals surface area contributed by atoms with Crippen LogP contribution in [-0.2, 0) is 26.4 Å². The van der Waals surface area contributed by atoms with Gasteiger partial charge in [0.05, 0.1) is 12.0 Å². The lowest BCUT2D eigenvalue weighted by Gasteiger charge is -2.29. The average Bonchev–Trinajstić information content (AvgIpc) is 3.18. The lowest BCUT2D eigenvalue weighted by molar-refractivity contribution is -0.250. The van der Waals surface area contributed by atoms with Crippen LogP contribution in [0.3, 0.4) is 0 Å². The average molecular weight is 527 g/mol. The van der Waals surface area contributed by atoms with Crippen LogP contribution in [0.15, 0.2) is 36.4 Å². The first-order valence-corrected chi connectivity index (χ1v) is 12.2. The van der Waals surface area contributed by atoms with E-state index in [0.29, 0.717) is 18.8 Å². The van der Waals surface area contributed by atoms with Gasteiger partial charge in [0.15, 0.2) is 0 Å². The second-order valence-corrected chi connectivity index (χ2v) is 9.42. The number of carbonyl (C=O) groups excluding carboxylic acids is 4. The zero-order chi connectivity index (χ0) is 27.9. The molecule has 4 N–H and O–H groups in total. The van der Waals surface area contributed by atoms with Crippen LogP contribution in [0.25, 0.3) is 0 Å². The van der Waals surface area contributed by atoms with E-state index in [1.807, 2.05) is 43.4 Å². The van der Waals surface area contributed by atoms with Crippen LogP contribution in [-0.4, -0.2) is 64.6 Å². The summed E-state index contributed by atoms with van der Waals surface area (Å²) in [5.74, 6) is -1.04. The standard InChI is InChI=1S/C26H33N5O7/c1-16-12-18(13-17(2)29-16)15-38-20-6-4-19(5-7-20)26(3)9-11-31(24(26)34)21(23(33)30-37)8-10-27-22(32)14-28-25(35)36/h4-7,12-13,21,28,37H,8-11,14-15H2,1-3H3,(H,27,32)(H,30,33)(H,35,36)/p-1. The maximum absolute atomic E-state index is 13.5. The van der Waals surface area contributed by atoms with Gasteiger partial charge in [-0.1, -0.05) is 12.1 Å². The maximum Gasteiger partial charge on any atom is 0.266 e. The molecule has 1 aromatic heterocycles. The number of rotatable bonds is 11. The predicted molar refractivity (Wildman–Crippen MR) is 133 cm³/mol. The minimum absolute atomic E-state index is 0.0191. The number of pyridine rings is 1. The SMILES string of the molecule is Cc1cc(COc2ccc(C3(C)CCN(C(CCNC(=O)CNC(=O)[O-])C(=O)NO)C3=O)cc2)cc(C)n1. The molecule has 1 fully saturated rings. The van der Waals surface area contributed by atoms with Crippen LogP contribution in [0.1, 0.15) is 42.3 Å². The Labute approximate surface area is 220 Å². The van der Waals surface area contributed by atoms with Gasteiger partial charge in [-0.15, -0.1) is 0 Å². The summed E-state index contributed by atoms with van der Waals surface area (Å²) in [5, 5.41) is 23.9. The molecule has 1 aliphatic heterocycles. The number of carbonyl (C=O) groups is 4. The van der Waals surface area contributed by atoms with Gasteiger partial charge >= 0.3 is 0 Å². The van der Waals surface area contributed by atoms with Gasteiger partial charge in [0, 0.05) is 24.5 Å². The third-order valence-corrected chi connectivity index (χ3v) is 6.55. The Kier molecular flexibility index (Phi) is 9.24. The quantitative estimate of drug-likeness (QED) is 0.235. The lowest BCUT2D eigenvalue weighted by atomic mass is 9.81. The molecule has 0 aliphatic carbocycles. The Bertz CT molecular complexity index is 1170. The number of aromatic nitrogens is 1. The first-order chi connectivity index (χ1) is 18.0. The molecule has 4 amide bonds. The molecular weight excluding hydrogens is 494 g/mol. The summed E-state index contributed by atoms with van der Waals surface area (Å²) in [4.78, 5) is 53.7. The normalized spacial score (nSPS) is 17.6. The molecule has 1 aliphatic rings. The second-order valence-electron chi connectivity index (χ2n) is 9.42. The summed E-state index contributed by atoms with van der Waals surface area (Å²) < 4.78 is 5.90. The fourth-order valence-corrected chi connectivity index (χ4v) is 4.59. The molecule has 2 unspecified atom stereocenters. The first-order valence-electron chi connectivity index (χ1n) is 12.2. The van der Waals surface area contributed by atoms with Crippen molar-refractivity contribution < 1.29 is 34.2 Å². The van der Waals surface area contributed by atoms with Gasteiger partial charge in [-0.25, -0.2) is 5.48 Å². The molecule has 204 valence electrons. The van der Waals surface area contributed by atoms with E-state index in [1.54, 1.807) is 24.5 Å². The van der Waals surface area contributed by atoms with Gasteiger partial charge in [0.2, 0.25) is 11.8 Å². The van der Waals surface area contributed by atoms with E-state index in [1.165, 1.54) is 4.90 Å². The fourth-order valence-electron chi connectivity index (χ4n) is 4.59. The molecule has 1 saturated heterocycles. The molecule has 0 bridgehead atoms. The largest absolute Gasteiger partial charge is 0.530 e. The Hall–Kier alpha value is -4.19. The zero-order valence-electron chi connectivity index (χ0n) is 21.6. The van der Waals surface area contributed by atoms with Crippen molar-refractivity contribution in [2.75, 3.05) is 19.6 Å². The summed E-state index contributed by atoms with van der Waals surface area (Å²) >= 11 is 0. The minimum Gasteiger partial charge on any atom is -0.530 e. The van der Waals surface area contributed by atoms with Gasteiger partial charge in [0.1, 0.15) is 24.5 Å². The first kappa shape index (κ1) is 28.4. The number of likely N-dealkylation sites (tertiary alicyclic amines) is 1. The molecule has 3 rings (SSSR count). The van der Waals surface area contributed by atoms with Crippen LogP contribution in [0.4, 0.5) is 4.79 Å². The van der Waals surface area contributed by atoms with Crippen molar-refractivity contribution in [1.82, 2.24) is 26.0 Å². The molecule has 12 nitrogen and oxygen atoms in total. The van der Waals surface area contributed by atoms with Gasteiger partial charge in [-0.3, -0.25) is 24.6 Å². The Morgan fingerprint density at radius 3 is 2.42 bits per heavy atom.